The van der Waals surface area contributed by atoms with Crippen LogP contribution in [0.15, 0.2) is 36.0 Å². The summed E-state index contributed by atoms with van der Waals surface area (Å²) in [5.74, 6) is -0.402. The number of rotatable bonds is 3. The number of hydrogen-bond donors (Lipinski definition) is 1. The number of hydrogen-bond acceptors (Lipinski definition) is 4. The van der Waals surface area contributed by atoms with Gasteiger partial charge in [0.05, 0.1) is 6.54 Å². The Morgan fingerprint density at radius 3 is 2.66 bits per heavy atom. The molecule has 1 aromatic carbocycles. The molecule has 1 saturated heterocycles. The van der Waals surface area contributed by atoms with Crippen LogP contribution in [-0.2, 0) is 15.0 Å². The lowest BCUT2D eigenvalue weighted by molar-refractivity contribution is -0.136. The molecule has 2 heterocycles. The maximum absolute atomic E-state index is 13.1. The smallest absolute Gasteiger partial charge is 0.325 e. The third-order valence-electron chi connectivity index (χ3n) is 7.05. The molecule has 3 amide bonds. The predicted molar refractivity (Wildman–Crippen MR) is 112 cm³/mol. The van der Waals surface area contributed by atoms with E-state index >= 15 is 0 Å². The molecule has 154 valence electrons. The molecule has 6 heteroatoms. The third kappa shape index (κ3) is 2.88. The Hall–Kier alpha value is -2.63. The summed E-state index contributed by atoms with van der Waals surface area (Å²) in [6.07, 6.45) is 5.14. The van der Waals surface area contributed by atoms with Crippen molar-refractivity contribution in [2.45, 2.75) is 57.4 Å². The second-order valence-corrected chi connectivity index (χ2v) is 9.14. The first-order valence-corrected chi connectivity index (χ1v) is 10.4. The van der Waals surface area contributed by atoms with Crippen LogP contribution in [0, 0.1) is 5.92 Å². The fourth-order valence-corrected chi connectivity index (χ4v) is 5.25. The van der Waals surface area contributed by atoms with E-state index in [0.29, 0.717) is 6.42 Å². The van der Waals surface area contributed by atoms with E-state index in [2.05, 4.69) is 25.2 Å². The second-order valence-electron chi connectivity index (χ2n) is 9.14. The number of carbonyl (C=O) groups is 3. The molecule has 2 atom stereocenters. The van der Waals surface area contributed by atoms with Crippen LogP contribution >= 0.6 is 0 Å². The second kappa shape index (κ2) is 6.71. The summed E-state index contributed by atoms with van der Waals surface area (Å²) in [7, 11) is 1.94. The minimum atomic E-state index is -0.831. The Balaban J connectivity index is 1.56. The molecule has 2 fully saturated rings. The van der Waals surface area contributed by atoms with Crippen molar-refractivity contribution in [1.29, 1.82) is 0 Å². The Morgan fingerprint density at radius 1 is 1.24 bits per heavy atom. The van der Waals surface area contributed by atoms with E-state index in [-0.39, 0.29) is 29.6 Å². The molecule has 2 aliphatic heterocycles. The van der Waals surface area contributed by atoms with Crippen molar-refractivity contribution in [1.82, 2.24) is 10.2 Å². The lowest BCUT2D eigenvalue weighted by Gasteiger charge is -2.36. The Morgan fingerprint density at radius 2 is 1.97 bits per heavy atom. The topological polar surface area (TPSA) is 69.7 Å². The first-order chi connectivity index (χ1) is 13.7. The third-order valence-corrected chi connectivity index (χ3v) is 7.05. The number of imide groups is 1. The van der Waals surface area contributed by atoms with E-state index in [0.717, 1.165) is 41.1 Å². The molecule has 1 aromatic rings. The standard InChI is InChI=1S/C23H29N3O3/c1-15-9-7-8-12-23(15)20(28)26(21(29)24-23)14-16(27)13-19-22(2,3)17-10-5-6-11-18(17)25(19)4/h5-6,10-11,13,15H,7-9,12,14H2,1-4H3,(H,24,29)/t15-,23+/m1/s1. The van der Waals surface area contributed by atoms with Gasteiger partial charge in [0.2, 0.25) is 0 Å². The SMILES string of the molecule is C[C@@H]1CCCC[C@]12NC(=O)N(CC(=O)C=C1N(C)c3ccccc3C1(C)C)C2=O. The zero-order valence-electron chi connectivity index (χ0n) is 17.6. The van der Waals surface area contributed by atoms with E-state index < -0.39 is 11.6 Å². The first kappa shape index (κ1) is 19.7. The van der Waals surface area contributed by atoms with Gasteiger partial charge in [-0.25, -0.2) is 4.79 Å². The van der Waals surface area contributed by atoms with E-state index in [1.165, 1.54) is 0 Å². The van der Waals surface area contributed by atoms with Crippen LogP contribution in [0.3, 0.4) is 0 Å². The average molecular weight is 396 g/mol. The van der Waals surface area contributed by atoms with Crippen molar-refractivity contribution in [2.75, 3.05) is 18.5 Å². The highest BCUT2D eigenvalue weighted by atomic mass is 16.2. The minimum Gasteiger partial charge on any atom is -0.347 e. The van der Waals surface area contributed by atoms with Crippen LogP contribution in [0.25, 0.3) is 0 Å². The quantitative estimate of drug-likeness (QED) is 0.629. The van der Waals surface area contributed by atoms with Gasteiger partial charge in [0.25, 0.3) is 5.91 Å². The summed E-state index contributed by atoms with van der Waals surface area (Å²) in [5.41, 5.74) is 1.95. The van der Waals surface area contributed by atoms with Gasteiger partial charge in [-0.3, -0.25) is 14.5 Å². The van der Waals surface area contributed by atoms with Gasteiger partial charge in [0.15, 0.2) is 5.78 Å². The molecule has 6 nitrogen and oxygen atoms in total. The van der Waals surface area contributed by atoms with Crippen molar-refractivity contribution in [3.05, 3.63) is 41.6 Å². The van der Waals surface area contributed by atoms with Crippen molar-refractivity contribution < 1.29 is 14.4 Å². The lowest BCUT2D eigenvalue weighted by atomic mass is 9.73. The molecule has 29 heavy (non-hydrogen) atoms. The number of benzene rings is 1. The number of likely N-dealkylation sites (N-methyl/N-ethyl adjacent to an activating group) is 1. The number of carbonyl (C=O) groups excluding carboxylic acids is 3. The highest BCUT2D eigenvalue weighted by molar-refractivity contribution is 6.10. The van der Waals surface area contributed by atoms with E-state index in [9.17, 15) is 14.4 Å². The molecule has 4 rings (SSSR count). The van der Waals surface area contributed by atoms with Gasteiger partial charge >= 0.3 is 6.03 Å². The lowest BCUT2D eigenvalue weighted by Crippen LogP contribution is -2.54. The molecule has 1 saturated carbocycles. The number of amides is 3. The Kier molecular flexibility index (Phi) is 4.56. The number of fused-ring (bicyclic) bond motifs is 1. The summed E-state index contributed by atoms with van der Waals surface area (Å²) in [6, 6.07) is 7.64. The molecule has 3 aliphatic rings. The molecule has 1 aliphatic carbocycles. The van der Waals surface area contributed by atoms with Crippen LogP contribution in [0.1, 0.15) is 52.0 Å². The number of nitrogens with zero attached hydrogens (tertiary/aromatic N) is 2. The number of nitrogens with one attached hydrogen (secondary N) is 1. The number of urea groups is 1. The minimum absolute atomic E-state index is 0.0838. The van der Waals surface area contributed by atoms with Crippen molar-refractivity contribution in [3.63, 3.8) is 0 Å². The zero-order valence-corrected chi connectivity index (χ0v) is 17.6. The van der Waals surface area contributed by atoms with Crippen LogP contribution in [0.5, 0.6) is 0 Å². The van der Waals surface area contributed by atoms with Crippen LogP contribution < -0.4 is 10.2 Å². The Labute approximate surface area is 171 Å². The van der Waals surface area contributed by atoms with E-state index in [1.807, 2.05) is 37.1 Å². The van der Waals surface area contributed by atoms with Crippen molar-refractivity contribution in [3.8, 4) is 0 Å². The zero-order chi connectivity index (χ0) is 21.0. The average Bonchev–Trinajstić information content (AvgIpc) is 3.03. The van der Waals surface area contributed by atoms with Crippen molar-refractivity contribution in [2.24, 2.45) is 5.92 Å². The number of allylic oxidation sites excluding steroid dienone is 1. The monoisotopic (exact) mass is 395 g/mol. The van der Waals surface area contributed by atoms with Crippen LogP contribution in [0.4, 0.5) is 10.5 Å². The van der Waals surface area contributed by atoms with Gasteiger partial charge in [0.1, 0.15) is 5.54 Å². The summed E-state index contributed by atoms with van der Waals surface area (Å²) in [6.45, 7) is 5.96. The maximum Gasteiger partial charge on any atom is 0.325 e. The normalized spacial score (nSPS) is 29.5. The molecule has 1 spiro atoms. The predicted octanol–water partition coefficient (Wildman–Crippen LogP) is 3.37. The van der Waals surface area contributed by atoms with Crippen LogP contribution in [-0.4, -0.2) is 41.8 Å². The fraction of sp³-hybridized carbons (Fsp3) is 0.522. The summed E-state index contributed by atoms with van der Waals surface area (Å²) in [5, 5.41) is 2.91. The maximum atomic E-state index is 13.1. The molecule has 1 N–H and O–H groups in total. The van der Waals surface area contributed by atoms with Gasteiger partial charge < -0.3 is 10.2 Å². The molecular formula is C23H29N3O3. The van der Waals surface area contributed by atoms with Crippen LogP contribution in [0.2, 0.25) is 0 Å². The molecule has 0 bridgehead atoms. The van der Waals surface area contributed by atoms with E-state index in [1.54, 1.807) is 6.08 Å². The molecule has 0 aromatic heterocycles. The fourth-order valence-electron chi connectivity index (χ4n) is 5.25. The molecule has 0 unspecified atom stereocenters. The highest BCUT2D eigenvalue weighted by Gasteiger charge is 2.55. The first-order valence-electron chi connectivity index (χ1n) is 10.4. The number of ketones is 1. The summed E-state index contributed by atoms with van der Waals surface area (Å²) < 4.78 is 0. The van der Waals surface area contributed by atoms with Gasteiger partial charge in [-0.1, -0.05) is 51.8 Å². The van der Waals surface area contributed by atoms with Gasteiger partial charge in [-0.05, 0) is 30.4 Å². The van der Waals surface area contributed by atoms with Crippen molar-refractivity contribution >= 4 is 23.4 Å². The van der Waals surface area contributed by atoms with E-state index in [4.69, 9.17) is 0 Å². The number of anilines is 1. The van der Waals surface area contributed by atoms with Gasteiger partial charge in [0, 0.05) is 29.9 Å². The molecular weight excluding hydrogens is 366 g/mol. The largest absolute Gasteiger partial charge is 0.347 e. The highest BCUT2D eigenvalue weighted by Crippen LogP contribution is 2.46. The molecule has 0 radical (unpaired) electrons. The number of para-hydroxylation sites is 1. The Bertz CT molecular complexity index is 920. The van der Waals surface area contributed by atoms with Gasteiger partial charge in [-0.15, -0.1) is 0 Å². The summed E-state index contributed by atoms with van der Waals surface area (Å²) >= 11 is 0. The van der Waals surface area contributed by atoms with Gasteiger partial charge in [-0.2, -0.15) is 0 Å². The summed E-state index contributed by atoms with van der Waals surface area (Å²) in [4.78, 5) is 41.7.